The first-order valence-electron chi connectivity index (χ1n) is 4.21. The van der Waals surface area contributed by atoms with Crippen molar-refractivity contribution in [3.8, 4) is 0 Å². The summed E-state index contributed by atoms with van der Waals surface area (Å²) in [6.45, 7) is 0. The van der Waals surface area contributed by atoms with Crippen molar-refractivity contribution < 1.29 is 19.5 Å². The second-order valence-corrected chi connectivity index (χ2v) is 3.04. The van der Waals surface area contributed by atoms with E-state index >= 15 is 0 Å². The molecule has 2 rings (SSSR count). The van der Waals surface area contributed by atoms with Gasteiger partial charge in [0.1, 0.15) is 0 Å². The van der Waals surface area contributed by atoms with Crippen LogP contribution in [-0.2, 0) is 14.4 Å². The third-order valence-corrected chi connectivity index (χ3v) is 1.72. The first kappa shape index (κ1) is 10.5. The monoisotopic (exact) mass is 194 g/mol. The molecule has 1 unspecified atom stereocenters. The smallest absolute Gasteiger partial charge is 0.163 e. The number of carbonyl (C=O) groups is 3. The van der Waals surface area contributed by atoms with E-state index in [-0.39, 0.29) is 30.2 Å². The Morgan fingerprint density at radius 1 is 1.00 bits per heavy atom. The Labute approximate surface area is 80.9 Å². The molecule has 0 bridgehead atoms. The summed E-state index contributed by atoms with van der Waals surface area (Å²) >= 11 is 0. The van der Waals surface area contributed by atoms with Gasteiger partial charge in [-0.1, -0.05) is 6.08 Å². The fourth-order valence-corrected chi connectivity index (χ4v) is 1.04. The van der Waals surface area contributed by atoms with E-state index < -0.39 is 6.10 Å². The maximum absolute atomic E-state index is 10.2. The molecule has 0 saturated carbocycles. The zero-order valence-electron chi connectivity index (χ0n) is 7.47. The maximum Gasteiger partial charge on any atom is 0.163 e. The van der Waals surface area contributed by atoms with Crippen molar-refractivity contribution in [3.63, 3.8) is 0 Å². The normalized spacial score (nSPS) is 24.1. The number of carbonyl (C=O) groups excluding carboxylic acids is 3. The van der Waals surface area contributed by atoms with E-state index in [1.807, 2.05) is 0 Å². The van der Waals surface area contributed by atoms with E-state index in [9.17, 15) is 14.4 Å². The van der Waals surface area contributed by atoms with Crippen LogP contribution in [0.1, 0.15) is 12.8 Å². The third kappa shape index (κ3) is 3.45. The van der Waals surface area contributed by atoms with Crippen molar-refractivity contribution in [1.82, 2.24) is 0 Å². The molecule has 0 fully saturated rings. The Morgan fingerprint density at radius 2 is 1.57 bits per heavy atom. The molecule has 14 heavy (non-hydrogen) atoms. The van der Waals surface area contributed by atoms with Gasteiger partial charge >= 0.3 is 0 Å². The first-order chi connectivity index (χ1) is 6.58. The minimum atomic E-state index is -0.507. The van der Waals surface area contributed by atoms with Crippen molar-refractivity contribution in [2.24, 2.45) is 0 Å². The van der Waals surface area contributed by atoms with Crippen molar-refractivity contribution in [1.29, 1.82) is 0 Å². The molecule has 0 aromatic carbocycles. The van der Waals surface area contributed by atoms with Crippen LogP contribution in [0, 0.1) is 0 Å². The summed E-state index contributed by atoms with van der Waals surface area (Å²) < 4.78 is 0. The van der Waals surface area contributed by atoms with Crippen LogP contribution in [0.2, 0.25) is 0 Å². The standard InChI is InChI=1S/C5H6O2.C5H4O2/c2*6-4-1-2-5(7)3-4/h1-2,4,6H,3H2;1-2H,3H2. The Balaban J connectivity index is 0.000000140. The summed E-state index contributed by atoms with van der Waals surface area (Å²) in [7, 11) is 0. The third-order valence-electron chi connectivity index (χ3n) is 1.72. The highest BCUT2D eigenvalue weighted by molar-refractivity contribution is 6.16. The molecule has 74 valence electrons. The molecular formula is C10H10O4. The van der Waals surface area contributed by atoms with Gasteiger partial charge in [-0.3, -0.25) is 14.4 Å². The topological polar surface area (TPSA) is 71.4 Å². The predicted molar refractivity (Wildman–Crippen MR) is 48.5 cm³/mol. The first-order valence-corrected chi connectivity index (χ1v) is 4.21. The SMILES string of the molecule is O=C1C=CC(=O)C1.O=C1C=CC(O)C1. The van der Waals surface area contributed by atoms with Gasteiger partial charge in [0.15, 0.2) is 17.3 Å². The molecule has 0 amide bonds. The van der Waals surface area contributed by atoms with Gasteiger partial charge in [0.25, 0.3) is 0 Å². The lowest BCUT2D eigenvalue weighted by molar-refractivity contribution is -0.120. The average molecular weight is 194 g/mol. The summed E-state index contributed by atoms with van der Waals surface area (Å²) in [5.41, 5.74) is 0. The van der Waals surface area contributed by atoms with Gasteiger partial charge in [0.05, 0.1) is 12.5 Å². The van der Waals surface area contributed by atoms with Gasteiger partial charge in [-0.05, 0) is 18.2 Å². The Kier molecular flexibility index (Phi) is 3.48. The van der Waals surface area contributed by atoms with Gasteiger partial charge in [0.2, 0.25) is 0 Å². The van der Waals surface area contributed by atoms with Crippen molar-refractivity contribution in [2.45, 2.75) is 18.9 Å². The van der Waals surface area contributed by atoms with E-state index in [0.717, 1.165) is 0 Å². The minimum Gasteiger partial charge on any atom is -0.389 e. The van der Waals surface area contributed by atoms with E-state index in [0.29, 0.717) is 0 Å². The molecule has 0 heterocycles. The summed E-state index contributed by atoms with van der Waals surface area (Å²) in [5, 5.41) is 8.59. The number of ketones is 3. The number of aliphatic hydroxyl groups excluding tert-OH is 1. The van der Waals surface area contributed by atoms with Gasteiger partial charge < -0.3 is 5.11 Å². The molecule has 4 heteroatoms. The number of aliphatic hydroxyl groups is 1. The lowest BCUT2D eigenvalue weighted by atomic mass is 10.3. The molecule has 4 nitrogen and oxygen atoms in total. The van der Waals surface area contributed by atoms with Crippen LogP contribution in [0.15, 0.2) is 24.3 Å². The van der Waals surface area contributed by atoms with Crippen molar-refractivity contribution in [3.05, 3.63) is 24.3 Å². The summed E-state index contributed by atoms with van der Waals surface area (Å²) in [6.07, 6.45) is 5.38. The van der Waals surface area contributed by atoms with Crippen LogP contribution < -0.4 is 0 Å². The second-order valence-electron chi connectivity index (χ2n) is 3.04. The highest BCUT2D eigenvalue weighted by atomic mass is 16.3. The molecule has 0 saturated heterocycles. The van der Waals surface area contributed by atoms with Crippen LogP contribution in [0.5, 0.6) is 0 Å². The van der Waals surface area contributed by atoms with E-state index in [4.69, 9.17) is 5.11 Å². The molecule has 1 N–H and O–H groups in total. The molecule has 0 spiro atoms. The Morgan fingerprint density at radius 3 is 1.71 bits per heavy atom. The van der Waals surface area contributed by atoms with Gasteiger partial charge in [-0.2, -0.15) is 0 Å². The Hall–Kier alpha value is -1.55. The highest BCUT2D eigenvalue weighted by Gasteiger charge is 2.10. The summed E-state index contributed by atoms with van der Waals surface area (Å²) in [5.74, 6) is -0.137. The Bertz CT molecular complexity index is 309. The zero-order chi connectivity index (χ0) is 10.6. The number of allylic oxidation sites excluding steroid dienone is 3. The van der Waals surface area contributed by atoms with E-state index in [2.05, 4.69) is 0 Å². The molecular weight excluding hydrogens is 184 g/mol. The molecule has 0 aromatic rings. The lowest BCUT2D eigenvalue weighted by Gasteiger charge is -1.88. The van der Waals surface area contributed by atoms with Crippen molar-refractivity contribution >= 4 is 17.3 Å². The largest absolute Gasteiger partial charge is 0.389 e. The van der Waals surface area contributed by atoms with Gasteiger partial charge in [0, 0.05) is 6.42 Å². The predicted octanol–water partition coefficient (Wildman–Crippen LogP) is -0.0392. The fourth-order valence-electron chi connectivity index (χ4n) is 1.04. The minimum absolute atomic E-state index is 0.0208. The number of hydrogen-bond donors (Lipinski definition) is 1. The summed E-state index contributed by atoms with van der Waals surface area (Å²) in [4.78, 5) is 30.5. The van der Waals surface area contributed by atoms with Crippen LogP contribution >= 0.6 is 0 Å². The molecule has 0 radical (unpaired) electrons. The molecule has 2 aliphatic rings. The maximum atomic E-state index is 10.2. The van der Waals surface area contributed by atoms with Crippen LogP contribution in [0.25, 0.3) is 0 Å². The second kappa shape index (κ2) is 4.62. The van der Waals surface area contributed by atoms with Crippen LogP contribution in [0.3, 0.4) is 0 Å². The molecule has 1 atom stereocenters. The van der Waals surface area contributed by atoms with Gasteiger partial charge in [-0.25, -0.2) is 0 Å². The zero-order valence-corrected chi connectivity index (χ0v) is 7.47. The van der Waals surface area contributed by atoms with E-state index in [1.165, 1.54) is 24.3 Å². The van der Waals surface area contributed by atoms with Crippen LogP contribution in [0.4, 0.5) is 0 Å². The lowest BCUT2D eigenvalue weighted by Crippen LogP contribution is -1.99. The number of hydrogen-bond acceptors (Lipinski definition) is 4. The quantitative estimate of drug-likeness (QED) is 0.549. The van der Waals surface area contributed by atoms with Crippen LogP contribution in [-0.4, -0.2) is 28.6 Å². The average Bonchev–Trinajstić information content (AvgIpc) is 2.63. The molecule has 2 aliphatic carbocycles. The molecule has 0 aliphatic heterocycles. The summed E-state index contributed by atoms with van der Waals surface area (Å²) in [6, 6.07) is 0. The van der Waals surface area contributed by atoms with E-state index in [1.54, 1.807) is 0 Å². The molecule has 0 aromatic heterocycles. The van der Waals surface area contributed by atoms with Crippen molar-refractivity contribution in [2.75, 3.05) is 0 Å². The fraction of sp³-hybridized carbons (Fsp3) is 0.300. The number of rotatable bonds is 0. The highest BCUT2D eigenvalue weighted by Crippen LogP contribution is 2.03. The van der Waals surface area contributed by atoms with Gasteiger partial charge in [-0.15, -0.1) is 0 Å².